The van der Waals surface area contributed by atoms with Gasteiger partial charge in [-0.25, -0.2) is 4.98 Å². The zero-order valence-corrected chi connectivity index (χ0v) is 13.6. The van der Waals surface area contributed by atoms with Gasteiger partial charge in [0.2, 0.25) is 0 Å². The maximum absolute atomic E-state index is 12.4. The van der Waals surface area contributed by atoms with E-state index in [1.165, 1.54) is 27.5 Å². The van der Waals surface area contributed by atoms with Crippen molar-refractivity contribution in [1.29, 1.82) is 0 Å². The van der Waals surface area contributed by atoms with Gasteiger partial charge in [-0.2, -0.15) is 0 Å². The van der Waals surface area contributed by atoms with Crippen molar-refractivity contribution in [3.05, 3.63) is 27.5 Å². The molecular formula is C13H17N3O3S2. The van der Waals surface area contributed by atoms with Gasteiger partial charge in [-0.15, -0.1) is 23.1 Å². The van der Waals surface area contributed by atoms with Crippen molar-refractivity contribution in [3.63, 3.8) is 0 Å². The Kier molecular flexibility index (Phi) is 5.77. The molecule has 114 valence electrons. The van der Waals surface area contributed by atoms with Crippen LogP contribution < -0.4 is 10.9 Å². The maximum atomic E-state index is 12.4. The lowest BCUT2D eigenvalue weighted by Gasteiger charge is -2.08. The number of carbonyl (C=O) groups is 1. The molecule has 0 aliphatic carbocycles. The number of thioether (sulfide) groups is 1. The van der Waals surface area contributed by atoms with Crippen LogP contribution in [0.2, 0.25) is 0 Å². The van der Waals surface area contributed by atoms with Crippen LogP contribution >= 0.6 is 23.1 Å². The minimum atomic E-state index is -0.375. The molecule has 1 amide bonds. The summed E-state index contributed by atoms with van der Waals surface area (Å²) in [4.78, 5) is 29.7. The molecule has 0 saturated carbocycles. The summed E-state index contributed by atoms with van der Waals surface area (Å²) in [5.41, 5.74) is -0.198. The zero-order chi connectivity index (χ0) is 15.2. The second kappa shape index (κ2) is 7.58. The second-order valence-corrected chi connectivity index (χ2v) is 6.31. The van der Waals surface area contributed by atoms with Gasteiger partial charge in [-0.05, 0) is 12.2 Å². The topological polar surface area (TPSA) is 72.7 Å². The van der Waals surface area contributed by atoms with E-state index >= 15 is 0 Å². The van der Waals surface area contributed by atoms with Crippen molar-refractivity contribution in [3.8, 4) is 0 Å². The van der Waals surface area contributed by atoms with E-state index in [-0.39, 0.29) is 17.0 Å². The van der Waals surface area contributed by atoms with Crippen molar-refractivity contribution >= 4 is 34.0 Å². The van der Waals surface area contributed by atoms with Crippen molar-refractivity contribution in [2.75, 3.05) is 26.0 Å². The Morgan fingerprint density at radius 1 is 1.57 bits per heavy atom. The number of amides is 1. The summed E-state index contributed by atoms with van der Waals surface area (Å²) in [7, 11) is 1.61. The smallest absolute Gasteiger partial charge is 0.272 e. The van der Waals surface area contributed by atoms with E-state index in [1.807, 2.05) is 6.92 Å². The molecule has 21 heavy (non-hydrogen) atoms. The Bertz CT molecular complexity index is 681. The van der Waals surface area contributed by atoms with Crippen LogP contribution in [0, 0.1) is 0 Å². The van der Waals surface area contributed by atoms with E-state index in [9.17, 15) is 9.59 Å². The van der Waals surface area contributed by atoms with Crippen LogP contribution in [0.3, 0.4) is 0 Å². The standard InChI is InChI=1S/C13H17N3O3S2/c1-3-20-11-9(10(17)14-5-4-7-19-2)12(18)16-6-8-21-13(16)15-11/h6,8H,3-5,7H2,1-2H3,(H,14,17). The van der Waals surface area contributed by atoms with Gasteiger partial charge in [-0.1, -0.05) is 6.92 Å². The monoisotopic (exact) mass is 327 g/mol. The van der Waals surface area contributed by atoms with Gasteiger partial charge in [-0.3, -0.25) is 14.0 Å². The molecule has 0 radical (unpaired) electrons. The number of fused-ring (bicyclic) bond motifs is 1. The SMILES string of the molecule is CCSc1nc2sccn2c(=O)c1C(=O)NCCCOC. The van der Waals surface area contributed by atoms with E-state index < -0.39 is 0 Å². The number of nitrogens with zero attached hydrogens (tertiary/aromatic N) is 2. The van der Waals surface area contributed by atoms with Crippen LogP contribution in [0.1, 0.15) is 23.7 Å². The third-order valence-electron chi connectivity index (χ3n) is 2.75. The summed E-state index contributed by atoms with van der Waals surface area (Å²) in [6, 6.07) is 0. The predicted molar refractivity (Wildman–Crippen MR) is 84.6 cm³/mol. The maximum Gasteiger partial charge on any atom is 0.272 e. The summed E-state index contributed by atoms with van der Waals surface area (Å²) >= 11 is 2.78. The molecule has 8 heteroatoms. The Hall–Kier alpha value is -1.38. The fourth-order valence-electron chi connectivity index (χ4n) is 1.80. The van der Waals surface area contributed by atoms with Gasteiger partial charge < -0.3 is 10.1 Å². The van der Waals surface area contributed by atoms with Gasteiger partial charge in [0.15, 0.2) is 4.96 Å². The van der Waals surface area contributed by atoms with Gasteiger partial charge in [0.1, 0.15) is 10.6 Å². The number of rotatable bonds is 7. The van der Waals surface area contributed by atoms with Crippen LogP contribution in [0.4, 0.5) is 0 Å². The summed E-state index contributed by atoms with van der Waals surface area (Å²) < 4.78 is 6.34. The van der Waals surface area contributed by atoms with Crippen LogP contribution in [0.25, 0.3) is 4.96 Å². The molecule has 2 aromatic heterocycles. The van der Waals surface area contributed by atoms with Crippen molar-refractivity contribution in [2.45, 2.75) is 18.4 Å². The number of hydrogen-bond acceptors (Lipinski definition) is 6. The fourth-order valence-corrected chi connectivity index (χ4v) is 3.32. The quantitative estimate of drug-likeness (QED) is 0.475. The van der Waals surface area contributed by atoms with E-state index in [0.717, 1.165) is 5.75 Å². The van der Waals surface area contributed by atoms with Gasteiger partial charge in [0.25, 0.3) is 11.5 Å². The van der Waals surface area contributed by atoms with Gasteiger partial charge >= 0.3 is 0 Å². The normalized spacial score (nSPS) is 11.0. The highest BCUT2D eigenvalue weighted by atomic mass is 32.2. The largest absolute Gasteiger partial charge is 0.385 e. The van der Waals surface area contributed by atoms with Crippen LogP contribution in [0.5, 0.6) is 0 Å². The third kappa shape index (κ3) is 3.63. The molecule has 0 aliphatic heterocycles. The molecule has 0 aromatic carbocycles. The first kappa shape index (κ1) is 16.0. The first-order chi connectivity index (χ1) is 10.2. The van der Waals surface area contributed by atoms with Crippen LogP contribution in [0.15, 0.2) is 21.4 Å². The molecule has 0 atom stereocenters. The number of methoxy groups -OCH3 is 1. The molecule has 0 bridgehead atoms. The Morgan fingerprint density at radius 3 is 3.10 bits per heavy atom. The molecule has 2 rings (SSSR count). The fraction of sp³-hybridized carbons (Fsp3) is 0.462. The number of ether oxygens (including phenoxy) is 1. The van der Waals surface area contributed by atoms with Crippen molar-refractivity contribution in [1.82, 2.24) is 14.7 Å². The first-order valence-electron chi connectivity index (χ1n) is 6.58. The molecule has 6 nitrogen and oxygen atoms in total. The Balaban J connectivity index is 2.31. The highest BCUT2D eigenvalue weighted by Gasteiger charge is 2.20. The van der Waals surface area contributed by atoms with E-state index in [4.69, 9.17) is 4.74 Å². The van der Waals surface area contributed by atoms with Gasteiger partial charge in [0.05, 0.1) is 0 Å². The van der Waals surface area contributed by atoms with Gasteiger partial charge in [0, 0.05) is 31.8 Å². The average molecular weight is 327 g/mol. The van der Waals surface area contributed by atoms with Crippen LogP contribution in [-0.2, 0) is 4.74 Å². The van der Waals surface area contributed by atoms with Crippen LogP contribution in [-0.4, -0.2) is 41.3 Å². The third-order valence-corrected chi connectivity index (χ3v) is 4.37. The molecule has 2 aromatic rings. The predicted octanol–water partition coefficient (Wildman–Crippen LogP) is 1.63. The highest BCUT2D eigenvalue weighted by Crippen LogP contribution is 2.20. The lowest BCUT2D eigenvalue weighted by Crippen LogP contribution is -2.33. The second-order valence-electron chi connectivity index (χ2n) is 4.19. The molecular weight excluding hydrogens is 310 g/mol. The van der Waals surface area contributed by atoms with Crippen molar-refractivity contribution < 1.29 is 9.53 Å². The lowest BCUT2D eigenvalue weighted by atomic mass is 10.3. The summed E-state index contributed by atoms with van der Waals surface area (Å²) in [5.74, 6) is 0.373. The molecule has 0 unspecified atom stereocenters. The minimum Gasteiger partial charge on any atom is -0.385 e. The molecule has 1 N–H and O–H groups in total. The molecule has 0 aliphatic rings. The Labute approximate surface area is 130 Å². The number of nitrogens with one attached hydrogen (secondary N) is 1. The van der Waals surface area contributed by atoms with E-state index in [0.29, 0.717) is 29.6 Å². The number of thiazole rings is 1. The number of carbonyl (C=O) groups excluding carboxylic acids is 1. The summed E-state index contributed by atoms with van der Waals surface area (Å²) in [5, 5.41) is 5.02. The highest BCUT2D eigenvalue weighted by molar-refractivity contribution is 7.99. The lowest BCUT2D eigenvalue weighted by molar-refractivity contribution is 0.0943. The molecule has 0 saturated heterocycles. The molecule has 0 spiro atoms. The number of hydrogen-bond donors (Lipinski definition) is 1. The van der Waals surface area contributed by atoms with E-state index in [1.54, 1.807) is 18.7 Å². The summed E-state index contributed by atoms with van der Waals surface area (Å²) in [6.45, 7) is 3.00. The molecule has 2 heterocycles. The number of aromatic nitrogens is 2. The van der Waals surface area contributed by atoms with E-state index in [2.05, 4.69) is 10.3 Å². The average Bonchev–Trinajstić information content (AvgIpc) is 2.92. The minimum absolute atomic E-state index is 0.121. The first-order valence-corrected chi connectivity index (χ1v) is 8.45. The molecule has 0 fully saturated rings. The zero-order valence-electron chi connectivity index (χ0n) is 11.9. The van der Waals surface area contributed by atoms with Crippen molar-refractivity contribution in [2.24, 2.45) is 0 Å². The Morgan fingerprint density at radius 2 is 2.38 bits per heavy atom. The summed E-state index contributed by atoms with van der Waals surface area (Å²) in [6.07, 6.45) is 2.34.